The highest BCUT2D eigenvalue weighted by Gasteiger charge is 2.03. The van der Waals surface area contributed by atoms with Gasteiger partial charge in [-0.05, 0) is 26.0 Å². The lowest BCUT2D eigenvalue weighted by Gasteiger charge is -2.02. The molecule has 0 N–H and O–H groups in total. The second-order valence-electron chi connectivity index (χ2n) is 3.08. The van der Waals surface area contributed by atoms with Crippen LogP contribution in [0.25, 0.3) is 0 Å². The van der Waals surface area contributed by atoms with E-state index in [0.29, 0.717) is 0 Å². The van der Waals surface area contributed by atoms with Crippen LogP contribution in [-0.4, -0.2) is 30.6 Å². The lowest BCUT2D eigenvalue weighted by atomic mass is 10.2. The standard InChI is InChI=1S/C11H15N3O/c1-8(12-3)10-6-5-7-11(13-10)9(2)14-15-4/h5-7H,1-4H3/b12-8?,14-9+. The highest BCUT2D eigenvalue weighted by Crippen LogP contribution is 2.03. The number of hydrogen-bond acceptors (Lipinski definition) is 4. The molecule has 0 amide bonds. The maximum atomic E-state index is 4.70. The van der Waals surface area contributed by atoms with Gasteiger partial charge in [-0.3, -0.25) is 4.99 Å². The molecule has 0 aromatic carbocycles. The quantitative estimate of drug-likeness (QED) is 0.558. The van der Waals surface area contributed by atoms with Crippen molar-refractivity contribution in [3.8, 4) is 0 Å². The molecule has 15 heavy (non-hydrogen) atoms. The van der Waals surface area contributed by atoms with Crippen LogP contribution in [0.5, 0.6) is 0 Å². The molecule has 0 saturated heterocycles. The Kier molecular flexibility index (Phi) is 3.97. The average Bonchev–Trinajstić information content (AvgIpc) is 2.28. The molecular formula is C11H15N3O. The molecule has 4 nitrogen and oxygen atoms in total. The molecule has 1 rings (SSSR count). The summed E-state index contributed by atoms with van der Waals surface area (Å²) in [7, 11) is 3.27. The van der Waals surface area contributed by atoms with Gasteiger partial charge in [-0.2, -0.15) is 0 Å². The Morgan fingerprint density at radius 3 is 2.33 bits per heavy atom. The predicted molar refractivity (Wildman–Crippen MR) is 61.6 cm³/mol. The highest BCUT2D eigenvalue weighted by molar-refractivity contribution is 6.00. The highest BCUT2D eigenvalue weighted by atomic mass is 16.6. The Bertz CT molecular complexity index is 397. The largest absolute Gasteiger partial charge is 0.399 e. The number of nitrogens with zero attached hydrogens (tertiary/aromatic N) is 3. The summed E-state index contributed by atoms with van der Waals surface area (Å²) in [5.41, 5.74) is 3.32. The molecule has 1 aromatic rings. The maximum Gasteiger partial charge on any atom is 0.106 e. The predicted octanol–water partition coefficient (Wildman–Crippen LogP) is 1.89. The van der Waals surface area contributed by atoms with Crippen molar-refractivity contribution in [2.45, 2.75) is 13.8 Å². The van der Waals surface area contributed by atoms with Crippen LogP contribution in [0, 0.1) is 0 Å². The fourth-order valence-electron chi connectivity index (χ4n) is 1.14. The van der Waals surface area contributed by atoms with Gasteiger partial charge in [0, 0.05) is 7.05 Å². The van der Waals surface area contributed by atoms with Crippen molar-refractivity contribution in [3.05, 3.63) is 29.6 Å². The first-order valence-corrected chi connectivity index (χ1v) is 4.68. The van der Waals surface area contributed by atoms with Gasteiger partial charge in [0.1, 0.15) is 12.8 Å². The molecular weight excluding hydrogens is 190 g/mol. The van der Waals surface area contributed by atoms with Gasteiger partial charge in [0.25, 0.3) is 0 Å². The third kappa shape index (κ3) is 2.87. The first kappa shape index (κ1) is 11.4. The lowest BCUT2D eigenvalue weighted by Crippen LogP contribution is -2.05. The van der Waals surface area contributed by atoms with Crippen molar-refractivity contribution in [1.82, 2.24) is 4.98 Å². The zero-order chi connectivity index (χ0) is 11.3. The summed E-state index contributed by atoms with van der Waals surface area (Å²) < 4.78 is 0. The summed E-state index contributed by atoms with van der Waals surface area (Å²) >= 11 is 0. The minimum absolute atomic E-state index is 0.753. The summed E-state index contributed by atoms with van der Waals surface area (Å²) in [6.45, 7) is 3.78. The van der Waals surface area contributed by atoms with Crippen molar-refractivity contribution in [3.63, 3.8) is 0 Å². The minimum atomic E-state index is 0.753. The van der Waals surface area contributed by atoms with Crippen molar-refractivity contribution in [2.75, 3.05) is 14.2 Å². The van der Waals surface area contributed by atoms with Gasteiger partial charge in [0.05, 0.1) is 17.1 Å². The fourth-order valence-corrected chi connectivity index (χ4v) is 1.14. The summed E-state index contributed by atoms with van der Waals surface area (Å²) in [5, 5.41) is 3.84. The van der Waals surface area contributed by atoms with Gasteiger partial charge in [0.2, 0.25) is 0 Å². The van der Waals surface area contributed by atoms with Crippen LogP contribution in [0.3, 0.4) is 0 Å². The SMILES string of the molecule is CN=C(C)c1cccc(/C(C)=N/OC)n1. The van der Waals surface area contributed by atoms with Crippen LogP contribution in [0.15, 0.2) is 28.3 Å². The smallest absolute Gasteiger partial charge is 0.106 e. The van der Waals surface area contributed by atoms with Crippen LogP contribution < -0.4 is 0 Å². The molecule has 0 bridgehead atoms. The van der Waals surface area contributed by atoms with Crippen molar-refractivity contribution < 1.29 is 4.84 Å². The number of pyridine rings is 1. The van der Waals surface area contributed by atoms with E-state index in [9.17, 15) is 0 Å². The number of hydrogen-bond donors (Lipinski definition) is 0. The number of aliphatic imine (C=N–C) groups is 1. The number of oxime groups is 1. The average molecular weight is 205 g/mol. The van der Waals surface area contributed by atoms with Crippen LogP contribution in [-0.2, 0) is 4.84 Å². The summed E-state index contributed by atoms with van der Waals surface area (Å²) in [5.74, 6) is 0. The van der Waals surface area contributed by atoms with Crippen LogP contribution >= 0.6 is 0 Å². The molecule has 4 heteroatoms. The molecule has 0 aliphatic rings. The Labute approximate surface area is 89.7 Å². The molecule has 0 spiro atoms. The topological polar surface area (TPSA) is 46.8 Å². The van der Waals surface area contributed by atoms with E-state index in [2.05, 4.69) is 15.1 Å². The molecule has 80 valence electrons. The second-order valence-corrected chi connectivity index (χ2v) is 3.08. The van der Waals surface area contributed by atoms with E-state index in [0.717, 1.165) is 22.8 Å². The van der Waals surface area contributed by atoms with E-state index >= 15 is 0 Å². The van der Waals surface area contributed by atoms with E-state index in [4.69, 9.17) is 4.84 Å². The molecule has 0 fully saturated rings. The molecule has 0 aliphatic heterocycles. The zero-order valence-corrected chi connectivity index (χ0v) is 9.48. The van der Waals surface area contributed by atoms with Crippen molar-refractivity contribution >= 4 is 11.4 Å². The number of aromatic nitrogens is 1. The summed E-state index contributed by atoms with van der Waals surface area (Å²) in [6.07, 6.45) is 0. The third-order valence-corrected chi connectivity index (χ3v) is 2.05. The monoisotopic (exact) mass is 205 g/mol. The van der Waals surface area contributed by atoms with Crippen LogP contribution in [0.1, 0.15) is 25.2 Å². The Morgan fingerprint density at radius 2 is 1.80 bits per heavy atom. The van der Waals surface area contributed by atoms with Gasteiger partial charge in [-0.15, -0.1) is 0 Å². The van der Waals surface area contributed by atoms with Gasteiger partial charge in [-0.1, -0.05) is 11.2 Å². The zero-order valence-electron chi connectivity index (χ0n) is 9.48. The molecule has 0 saturated carbocycles. The number of rotatable bonds is 3. The van der Waals surface area contributed by atoms with Crippen molar-refractivity contribution in [1.29, 1.82) is 0 Å². The minimum Gasteiger partial charge on any atom is -0.399 e. The van der Waals surface area contributed by atoms with Crippen molar-refractivity contribution in [2.24, 2.45) is 10.1 Å². The van der Waals surface area contributed by atoms with E-state index < -0.39 is 0 Å². The molecule has 1 aromatic heterocycles. The van der Waals surface area contributed by atoms with Gasteiger partial charge in [-0.25, -0.2) is 4.98 Å². The normalized spacial score (nSPS) is 12.8. The van der Waals surface area contributed by atoms with Gasteiger partial charge >= 0.3 is 0 Å². The molecule has 0 atom stereocenters. The lowest BCUT2D eigenvalue weighted by molar-refractivity contribution is 0.213. The van der Waals surface area contributed by atoms with E-state index in [1.54, 1.807) is 7.05 Å². The Balaban J connectivity index is 3.08. The van der Waals surface area contributed by atoms with Gasteiger partial charge < -0.3 is 4.84 Å². The van der Waals surface area contributed by atoms with E-state index in [1.165, 1.54) is 7.11 Å². The Hall–Kier alpha value is -1.71. The fraction of sp³-hybridized carbons (Fsp3) is 0.364. The molecule has 0 aliphatic carbocycles. The third-order valence-electron chi connectivity index (χ3n) is 2.05. The van der Waals surface area contributed by atoms with Gasteiger partial charge in [0.15, 0.2) is 0 Å². The molecule has 0 unspecified atom stereocenters. The van der Waals surface area contributed by atoms with E-state index in [1.807, 2.05) is 32.0 Å². The molecule has 1 heterocycles. The summed E-state index contributed by atoms with van der Waals surface area (Å²) in [6, 6.07) is 5.75. The molecule has 0 radical (unpaired) electrons. The van der Waals surface area contributed by atoms with E-state index in [-0.39, 0.29) is 0 Å². The van der Waals surface area contributed by atoms with Crippen LogP contribution in [0.4, 0.5) is 0 Å². The first-order valence-electron chi connectivity index (χ1n) is 4.68. The summed E-state index contributed by atoms with van der Waals surface area (Å²) in [4.78, 5) is 13.2. The second kappa shape index (κ2) is 5.24. The Morgan fingerprint density at radius 1 is 1.20 bits per heavy atom. The first-order chi connectivity index (χ1) is 7.19. The maximum absolute atomic E-state index is 4.70. The van der Waals surface area contributed by atoms with Crippen LogP contribution in [0.2, 0.25) is 0 Å².